The molecule has 1 fully saturated rings. The smallest absolute Gasteiger partial charge is 0.325 e. The molecule has 0 radical (unpaired) electrons. The van der Waals surface area contributed by atoms with Gasteiger partial charge in [-0.05, 0) is 12.6 Å². The molecular formula is C15H21NO4. The van der Waals surface area contributed by atoms with E-state index in [1.54, 1.807) is 24.1 Å². The van der Waals surface area contributed by atoms with Crippen molar-refractivity contribution in [1.29, 1.82) is 0 Å². The Bertz CT molecular complexity index is 442. The van der Waals surface area contributed by atoms with Gasteiger partial charge in [0.05, 0.1) is 5.60 Å². The monoisotopic (exact) mass is 279 g/mol. The molecule has 1 aromatic carbocycles. The first-order valence-corrected chi connectivity index (χ1v) is 6.80. The number of benzene rings is 1. The summed E-state index contributed by atoms with van der Waals surface area (Å²) in [6.45, 7) is 1.36. The molecule has 1 aliphatic heterocycles. The zero-order chi connectivity index (χ0) is 14.6. The van der Waals surface area contributed by atoms with Crippen molar-refractivity contribution < 1.29 is 19.7 Å². The molecule has 0 aromatic heterocycles. The number of aliphatic hydroxyl groups is 1. The molecule has 2 rings (SSSR count). The lowest BCUT2D eigenvalue weighted by molar-refractivity contribution is -0.145. The zero-order valence-corrected chi connectivity index (χ0v) is 11.7. The fourth-order valence-corrected chi connectivity index (χ4v) is 2.69. The van der Waals surface area contributed by atoms with Crippen LogP contribution in [0.4, 0.5) is 0 Å². The molecule has 1 heterocycles. The average Bonchev–Trinajstić information content (AvgIpc) is 2.39. The highest BCUT2D eigenvalue weighted by Crippen LogP contribution is 2.26. The Morgan fingerprint density at radius 1 is 1.35 bits per heavy atom. The second-order valence-corrected chi connectivity index (χ2v) is 5.40. The van der Waals surface area contributed by atoms with Crippen LogP contribution in [0.25, 0.3) is 0 Å². The van der Waals surface area contributed by atoms with Crippen LogP contribution < -0.4 is 0 Å². The molecular weight excluding hydrogens is 258 g/mol. The molecule has 1 saturated heterocycles. The van der Waals surface area contributed by atoms with E-state index in [0.717, 1.165) is 5.56 Å². The quantitative estimate of drug-likeness (QED) is 0.850. The van der Waals surface area contributed by atoms with Gasteiger partial charge >= 0.3 is 5.97 Å². The highest BCUT2D eigenvalue weighted by atomic mass is 16.5. The number of likely N-dealkylation sites (N-methyl/N-ethyl adjacent to an activating group) is 1. The van der Waals surface area contributed by atoms with Crippen molar-refractivity contribution >= 4 is 5.97 Å². The van der Waals surface area contributed by atoms with Crippen LogP contribution in [-0.4, -0.2) is 53.5 Å². The van der Waals surface area contributed by atoms with Crippen LogP contribution in [0.2, 0.25) is 0 Å². The van der Waals surface area contributed by atoms with E-state index < -0.39 is 17.6 Å². The maximum atomic E-state index is 11.5. The summed E-state index contributed by atoms with van der Waals surface area (Å²) in [5.74, 6) is -0.908. The molecule has 1 unspecified atom stereocenters. The van der Waals surface area contributed by atoms with Crippen LogP contribution in [0.15, 0.2) is 30.3 Å². The second kappa shape index (κ2) is 6.35. The lowest BCUT2D eigenvalue weighted by Gasteiger charge is -2.37. The third-order valence-corrected chi connectivity index (χ3v) is 3.76. The second-order valence-electron chi connectivity index (χ2n) is 5.40. The number of hydrogen-bond donors (Lipinski definition) is 2. The number of aliphatic carboxylic acids is 1. The minimum atomic E-state index is -0.908. The third-order valence-electron chi connectivity index (χ3n) is 3.76. The maximum Gasteiger partial charge on any atom is 0.325 e. The summed E-state index contributed by atoms with van der Waals surface area (Å²) >= 11 is 0. The normalized spacial score (nSPS) is 19.8. The molecule has 2 N–H and O–H groups in total. The summed E-state index contributed by atoms with van der Waals surface area (Å²) in [5.41, 5.74) is -0.145. The molecule has 1 aliphatic rings. The van der Waals surface area contributed by atoms with Crippen LogP contribution in [0.1, 0.15) is 24.4 Å². The van der Waals surface area contributed by atoms with Crippen LogP contribution in [0, 0.1) is 0 Å². The number of carboxylic acid groups (broad SMARTS) is 1. The number of ether oxygens (including phenoxy) is 1. The van der Waals surface area contributed by atoms with E-state index >= 15 is 0 Å². The standard InChI is InChI=1S/C15H21NO4/c1-16(11-15(19)7-9-20-10-8-15)13(14(17)18)12-5-3-2-4-6-12/h2-6,13,19H,7-11H2,1H3,(H,17,18). The van der Waals surface area contributed by atoms with Crippen LogP contribution >= 0.6 is 0 Å². The molecule has 0 spiro atoms. The van der Waals surface area contributed by atoms with E-state index in [1.807, 2.05) is 18.2 Å². The topological polar surface area (TPSA) is 70.0 Å². The molecule has 0 aliphatic carbocycles. The van der Waals surface area contributed by atoms with Gasteiger partial charge in [-0.1, -0.05) is 30.3 Å². The van der Waals surface area contributed by atoms with Gasteiger partial charge in [-0.3, -0.25) is 9.69 Å². The molecule has 1 aromatic rings. The van der Waals surface area contributed by atoms with Gasteiger partial charge in [-0.25, -0.2) is 0 Å². The molecule has 110 valence electrons. The van der Waals surface area contributed by atoms with Gasteiger partial charge in [0.2, 0.25) is 0 Å². The Balaban J connectivity index is 2.11. The lowest BCUT2D eigenvalue weighted by atomic mass is 9.92. The van der Waals surface area contributed by atoms with Crippen molar-refractivity contribution in [3.63, 3.8) is 0 Å². The Morgan fingerprint density at radius 2 is 1.95 bits per heavy atom. The fraction of sp³-hybridized carbons (Fsp3) is 0.533. The highest BCUT2D eigenvalue weighted by molar-refractivity contribution is 5.75. The van der Waals surface area contributed by atoms with E-state index in [4.69, 9.17) is 4.74 Å². The van der Waals surface area contributed by atoms with Gasteiger partial charge in [0.15, 0.2) is 0 Å². The molecule has 1 atom stereocenters. The Kier molecular flexibility index (Phi) is 4.75. The molecule has 5 heteroatoms. The Hall–Kier alpha value is -1.43. The first-order chi connectivity index (χ1) is 9.52. The number of hydrogen-bond acceptors (Lipinski definition) is 4. The molecule has 20 heavy (non-hydrogen) atoms. The predicted octanol–water partition coefficient (Wildman–Crippen LogP) is 1.29. The predicted molar refractivity (Wildman–Crippen MR) is 74.5 cm³/mol. The van der Waals surface area contributed by atoms with Gasteiger partial charge < -0.3 is 14.9 Å². The summed E-state index contributed by atoms with van der Waals surface area (Å²) in [5, 5.41) is 20.0. The summed E-state index contributed by atoms with van der Waals surface area (Å²) in [6, 6.07) is 8.34. The molecule has 0 bridgehead atoms. The van der Waals surface area contributed by atoms with Gasteiger partial charge in [0.25, 0.3) is 0 Å². The molecule has 5 nitrogen and oxygen atoms in total. The Labute approximate surface area is 118 Å². The number of rotatable bonds is 5. The van der Waals surface area contributed by atoms with Crippen LogP contribution in [0.5, 0.6) is 0 Å². The van der Waals surface area contributed by atoms with E-state index in [2.05, 4.69) is 0 Å². The van der Waals surface area contributed by atoms with Gasteiger partial charge in [-0.2, -0.15) is 0 Å². The van der Waals surface area contributed by atoms with Crippen molar-refractivity contribution in [2.45, 2.75) is 24.5 Å². The van der Waals surface area contributed by atoms with Gasteiger partial charge in [0, 0.05) is 32.6 Å². The largest absolute Gasteiger partial charge is 0.480 e. The zero-order valence-electron chi connectivity index (χ0n) is 11.7. The lowest BCUT2D eigenvalue weighted by Crippen LogP contribution is -2.47. The highest BCUT2D eigenvalue weighted by Gasteiger charge is 2.35. The van der Waals surface area contributed by atoms with Crippen molar-refractivity contribution in [3.8, 4) is 0 Å². The van der Waals surface area contributed by atoms with Crippen molar-refractivity contribution in [3.05, 3.63) is 35.9 Å². The minimum absolute atomic E-state index is 0.322. The van der Waals surface area contributed by atoms with Gasteiger partial charge in [-0.15, -0.1) is 0 Å². The minimum Gasteiger partial charge on any atom is -0.480 e. The van der Waals surface area contributed by atoms with Crippen molar-refractivity contribution in [2.24, 2.45) is 0 Å². The average molecular weight is 279 g/mol. The maximum absolute atomic E-state index is 11.5. The van der Waals surface area contributed by atoms with Crippen molar-refractivity contribution in [1.82, 2.24) is 4.90 Å². The number of carboxylic acids is 1. The van der Waals surface area contributed by atoms with Crippen LogP contribution in [-0.2, 0) is 9.53 Å². The van der Waals surface area contributed by atoms with E-state index in [-0.39, 0.29) is 0 Å². The van der Waals surface area contributed by atoms with E-state index in [0.29, 0.717) is 32.6 Å². The molecule has 0 saturated carbocycles. The SMILES string of the molecule is CN(CC1(O)CCOCC1)C(C(=O)O)c1ccccc1. The number of nitrogens with zero attached hydrogens (tertiary/aromatic N) is 1. The van der Waals surface area contributed by atoms with Crippen molar-refractivity contribution in [2.75, 3.05) is 26.8 Å². The van der Waals surface area contributed by atoms with E-state index in [9.17, 15) is 15.0 Å². The molecule has 0 amide bonds. The van der Waals surface area contributed by atoms with Gasteiger partial charge in [0.1, 0.15) is 6.04 Å². The first kappa shape index (κ1) is 15.0. The Morgan fingerprint density at radius 3 is 2.50 bits per heavy atom. The number of carbonyl (C=O) groups is 1. The first-order valence-electron chi connectivity index (χ1n) is 6.80. The van der Waals surface area contributed by atoms with Crippen LogP contribution in [0.3, 0.4) is 0 Å². The summed E-state index contributed by atoms with van der Waals surface area (Å²) in [6.07, 6.45) is 1.08. The summed E-state index contributed by atoms with van der Waals surface area (Å²) in [7, 11) is 1.74. The third kappa shape index (κ3) is 3.56. The summed E-state index contributed by atoms with van der Waals surface area (Å²) in [4.78, 5) is 13.2. The fourth-order valence-electron chi connectivity index (χ4n) is 2.69. The summed E-state index contributed by atoms with van der Waals surface area (Å²) < 4.78 is 5.24. The van der Waals surface area contributed by atoms with E-state index in [1.165, 1.54) is 0 Å².